The van der Waals surface area contributed by atoms with Crippen LogP contribution in [0.25, 0.3) is 5.69 Å². The summed E-state index contributed by atoms with van der Waals surface area (Å²) in [7, 11) is 1.37. The van der Waals surface area contributed by atoms with Gasteiger partial charge in [-0.2, -0.15) is 0 Å². The van der Waals surface area contributed by atoms with E-state index < -0.39 is 0 Å². The molecule has 1 heterocycles. The second kappa shape index (κ2) is 9.22. The Labute approximate surface area is 155 Å². The predicted octanol–water partition coefficient (Wildman–Crippen LogP) is 3.77. The van der Waals surface area contributed by atoms with E-state index in [1.54, 1.807) is 11.8 Å². The molecule has 1 unspecified atom stereocenters. The van der Waals surface area contributed by atoms with E-state index >= 15 is 0 Å². The molecule has 0 spiro atoms. The molecule has 1 amide bonds. The van der Waals surface area contributed by atoms with Crippen molar-refractivity contribution in [3.05, 3.63) is 54.4 Å². The van der Waals surface area contributed by atoms with Crippen LogP contribution in [-0.4, -0.2) is 41.5 Å². The summed E-state index contributed by atoms with van der Waals surface area (Å²) in [5.41, 5.74) is 1.63. The van der Waals surface area contributed by atoms with Crippen LogP contribution in [0.2, 0.25) is 0 Å². The van der Waals surface area contributed by atoms with E-state index in [0.717, 1.165) is 12.1 Å². The van der Waals surface area contributed by atoms with Crippen LogP contribution in [0, 0.1) is 11.8 Å². The smallest absolute Gasteiger partial charge is 0.310 e. The number of ether oxygens (including phenoxy) is 1. The maximum atomic E-state index is 13.0. The molecular formula is C21H28N2O3. The number of benzene rings is 1. The fourth-order valence-corrected chi connectivity index (χ4v) is 2.76. The molecule has 26 heavy (non-hydrogen) atoms. The van der Waals surface area contributed by atoms with Crippen molar-refractivity contribution in [3.8, 4) is 5.69 Å². The van der Waals surface area contributed by atoms with Gasteiger partial charge in [-0.05, 0) is 48.7 Å². The summed E-state index contributed by atoms with van der Waals surface area (Å²) in [5.74, 6) is -0.221. The molecule has 0 aliphatic heterocycles. The summed E-state index contributed by atoms with van der Waals surface area (Å²) in [6, 6.07) is 11.4. The lowest BCUT2D eigenvalue weighted by atomic mass is 10.1. The minimum Gasteiger partial charge on any atom is -0.469 e. The topological polar surface area (TPSA) is 51.5 Å². The van der Waals surface area contributed by atoms with Gasteiger partial charge in [0.2, 0.25) is 0 Å². The third kappa shape index (κ3) is 5.22. The van der Waals surface area contributed by atoms with E-state index in [9.17, 15) is 9.59 Å². The van der Waals surface area contributed by atoms with Crippen LogP contribution in [0.3, 0.4) is 0 Å². The van der Waals surface area contributed by atoms with Gasteiger partial charge in [-0.25, -0.2) is 0 Å². The van der Waals surface area contributed by atoms with Crippen molar-refractivity contribution in [2.24, 2.45) is 11.8 Å². The molecule has 0 saturated heterocycles. The lowest BCUT2D eigenvalue weighted by Gasteiger charge is -2.26. The molecule has 1 aromatic heterocycles. The van der Waals surface area contributed by atoms with Gasteiger partial charge in [-0.1, -0.05) is 20.8 Å². The van der Waals surface area contributed by atoms with Gasteiger partial charge in [0, 0.05) is 36.7 Å². The van der Waals surface area contributed by atoms with Gasteiger partial charge in [0.1, 0.15) is 0 Å². The molecule has 140 valence electrons. The minimum absolute atomic E-state index is 0.0551. The van der Waals surface area contributed by atoms with Crippen LogP contribution in [0.1, 0.15) is 37.6 Å². The quantitative estimate of drug-likeness (QED) is 0.677. The third-order valence-electron chi connectivity index (χ3n) is 4.38. The van der Waals surface area contributed by atoms with E-state index in [-0.39, 0.29) is 17.8 Å². The van der Waals surface area contributed by atoms with Gasteiger partial charge >= 0.3 is 5.97 Å². The van der Waals surface area contributed by atoms with E-state index in [1.165, 1.54) is 7.11 Å². The van der Waals surface area contributed by atoms with Crippen molar-refractivity contribution in [3.63, 3.8) is 0 Å². The molecule has 0 N–H and O–H groups in total. The Bertz CT molecular complexity index is 705. The van der Waals surface area contributed by atoms with Crippen LogP contribution < -0.4 is 0 Å². The minimum atomic E-state index is -0.352. The Morgan fingerprint density at radius 3 is 2.23 bits per heavy atom. The van der Waals surface area contributed by atoms with Gasteiger partial charge in [0.05, 0.1) is 13.0 Å². The molecular weight excluding hydrogens is 328 g/mol. The highest BCUT2D eigenvalue weighted by Gasteiger charge is 2.22. The number of amides is 1. The van der Waals surface area contributed by atoms with Crippen LogP contribution >= 0.6 is 0 Å². The van der Waals surface area contributed by atoms with Crippen molar-refractivity contribution >= 4 is 11.9 Å². The summed E-state index contributed by atoms with van der Waals surface area (Å²) in [6.07, 6.45) is 4.81. The number of hydrogen-bond donors (Lipinski definition) is 0. The Morgan fingerprint density at radius 1 is 1.08 bits per heavy atom. The first-order valence-electron chi connectivity index (χ1n) is 9.03. The van der Waals surface area contributed by atoms with Crippen LogP contribution in [-0.2, 0) is 9.53 Å². The molecule has 0 aliphatic carbocycles. The molecule has 0 fully saturated rings. The van der Waals surface area contributed by atoms with E-state index in [0.29, 0.717) is 24.6 Å². The summed E-state index contributed by atoms with van der Waals surface area (Å²) in [6.45, 7) is 7.02. The maximum absolute atomic E-state index is 13.0. The summed E-state index contributed by atoms with van der Waals surface area (Å²) in [5, 5.41) is 0. The number of hydrogen-bond acceptors (Lipinski definition) is 3. The third-order valence-corrected chi connectivity index (χ3v) is 4.38. The van der Waals surface area contributed by atoms with Gasteiger partial charge in [-0.15, -0.1) is 0 Å². The van der Waals surface area contributed by atoms with Gasteiger partial charge < -0.3 is 14.2 Å². The van der Waals surface area contributed by atoms with Crippen molar-refractivity contribution in [1.82, 2.24) is 9.47 Å². The first-order chi connectivity index (χ1) is 12.4. The molecule has 2 rings (SSSR count). The molecule has 0 radical (unpaired) electrons. The van der Waals surface area contributed by atoms with Crippen LogP contribution in [0.15, 0.2) is 48.8 Å². The number of rotatable bonds is 8. The van der Waals surface area contributed by atoms with Gasteiger partial charge in [0.25, 0.3) is 5.91 Å². The number of carbonyl (C=O) groups is 2. The zero-order valence-corrected chi connectivity index (χ0v) is 16.0. The zero-order chi connectivity index (χ0) is 19.1. The van der Waals surface area contributed by atoms with E-state index in [1.807, 2.05) is 53.4 Å². The standard InChI is InChI=1S/C21H28N2O3/c1-16(2)11-14-23(15-17(3)21(25)26-4)20(24)18-7-9-19(10-8-18)22-12-5-6-13-22/h5-10,12-13,16-17H,11,14-15H2,1-4H3. The van der Waals surface area contributed by atoms with Crippen molar-refractivity contribution in [2.45, 2.75) is 27.2 Å². The monoisotopic (exact) mass is 356 g/mol. The number of esters is 1. The Hall–Kier alpha value is -2.56. The normalized spacial score (nSPS) is 12.0. The first-order valence-corrected chi connectivity index (χ1v) is 9.03. The SMILES string of the molecule is COC(=O)C(C)CN(CCC(C)C)C(=O)c1ccc(-n2cccc2)cc1. The van der Waals surface area contributed by atoms with Gasteiger partial charge in [-0.3, -0.25) is 9.59 Å². The molecule has 2 aromatic rings. The predicted molar refractivity (Wildman–Crippen MR) is 102 cm³/mol. The second-order valence-electron chi connectivity index (χ2n) is 7.00. The average molecular weight is 356 g/mol. The molecule has 5 nitrogen and oxygen atoms in total. The first kappa shape index (κ1) is 19.8. The summed E-state index contributed by atoms with van der Waals surface area (Å²) in [4.78, 5) is 26.5. The van der Waals surface area contributed by atoms with E-state index in [2.05, 4.69) is 13.8 Å². The molecule has 5 heteroatoms. The number of nitrogens with zero attached hydrogens (tertiary/aromatic N) is 2. The molecule has 0 aliphatic rings. The average Bonchev–Trinajstić information content (AvgIpc) is 3.18. The molecule has 1 aromatic carbocycles. The number of aromatic nitrogens is 1. The summed E-state index contributed by atoms with van der Waals surface area (Å²) >= 11 is 0. The highest BCUT2D eigenvalue weighted by atomic mass is 16.5. The van der Waals surface area contributed by atoms with Crippen molar-refractivity contribution in [1.29, 1.82) is 0 Å². The molecule has 0 bridgehead atoms. The lowest BCUT2D eigenvalue weighted by Crippen LogP contribution is -2.38. The second-order valence-corrected chi connectivity index (χ2v) is 7.00. The highest BCUT2D eigenvalue weighted by Crippen LogP contribution is 2.15. The fraction of sp³-hybridized carbons (Fsp3) is 0.429. The lowest BCUT2D eigenvalue weighted by molar-refractivity contribution is -0.145. The molecule has 0 saturated carbocycles. The van der Waals surface area contributed by atoms with Gasteiger partial charge in [0.15, 0.2) is 0 Å². The Balaban J connectivity index is 2.14. The largest absolute Gasteiger partial charge is 0.469 e. The Morgan fingerprint density at radius 2 is 1.69 bits per heavy atom. The zero-order valence-electron chi connectivity index (χ0n) is 16.0. The van der Waals surface area contributed by atoms with E-state index in [4.69, 9.17) is 4.74 Å². The highest BCUT2D eigenvalue weighted by molar-refractivity contribution is 5.94. The maximum Gasteiger partial charge on any atom is 0.310 e. The van der Waals surface area contributed by atoms with Crippen molar-refractivity contribution in [2.75, 3.05) is 20.2 Å². The fourth-order valence-electron chi connectivity index (χ4n) is 2.76. The van der Waals surface area contributed by atoms with Crippen LogP contribution in [0.5, 0.6) is 0 Å². The number of carbonyl (C=O) groups excluding carboxylic acids is 2. The molecule has 1 atom stereocenters. The van der Waals surface area contributed by atoms with Crippen molar-refractivity contribution < 1.29 is 14.3 Å². The van der Waals surface area contributed by atoms with Crippen LogP contribution in [0.4, 0.5) is 0 Å². The number of methoxy groups -OCH3 is 1. The summed E-state index contributed by atoms with van der Waals surface area (Å²) < 4.78 is 6.79. The Kier molecular flexibility index (Phi) is 7.01.